The molecule has 0 amide bonds. The van der Waals surface area contributed by atoms with Crippen LogP contribution in [0.15, 0.2) is 60.7 Å². The van der Waals surface area contributed by atoms with Crippen molar-refractivity contribution in [2.75, 3.05) is 12.4 Å². The summed E-state index contributed by atoms with van der Waals surface area (Å²) in [6.07, 6.45) is 0. The molecule has 0 aliphatic heterocycles. The van der Waals surface area contributed by atoms with Crippen LogP contribution in [-0.2, 0) is 0 Å². The van der Waals surface area contributed by atoms with Crippen LogP contribution in [0.1, 0.15) is 0 Å². The summed E-state index contributed by atoms with van der Waals surface area (Å²) in [6.45, 7) is 0. The lowest BCUT2D eigenvalue weighted by Crippen LogP contribution is -1.92. The highest BCUT2D eigenvalue weighted by Gasteiger charge is 2.06. The third-order valence-electron chi connectivity index (χ3n) is 3.31. The summed E-state index contributed by atoms with van der Waals surface area (Å²) >= 11 is 0. The molecule has 1 aromatic heterocycles. The fourth-order valence-corrected chi connectivity index (χ4v) is 2.14. The number of aromatic nitrogens is 1. The summed E-state index contributed by atoms with van der Waals surface area (Å²) in [5.74, 6) is -0.468. The molecule has 0 atom stereocenters. The largest absolute Gasteiger partial charge is 0.505 e. The maximum Gasteiger partial charge on any atom is 0.219 e. The third-order valence-corrected chi connectivity index (χ3v) is 3.31. The molecule has 116 valence electrons. The molecule has 4 nitrogen and oxygen atoms in total. The predicted octanol–water partition coefficient (Wildman–Crippen LogP) is 4.43. The average molecular weight is 310 g/mol. The first-order chi connectivity index (χ1) is 11.2. The number of benzene rings is 2. The number of phenols is 1. The van der Waals surface area contributed by atoms with Crippen LogP contribution in [-0.4, -0.2) is 17.1 Å². The van der Waals surface area contributed by atoms with Crippen molar-refractivity contribution in [2.45, 2.75) is 0 Å². The second kappa shape index (κ2) is 6.36. The first-order valence-corrected chi connectivity index (χ1v) is 7.07. The Balaban J connectivity index is 1.88. The normalized spacial score (nSPS) is 10.3. The maximum atomic E-state index is 13.1. The zero-order valence-electron chi connectivity index (χ0n) is 12.5. The van der Waals surface area contributed by atoms with Gasteiger partial charge in [0.1, 0.15) is 5.75 Å². The Bertz CT molecular complexity index is 837. The number of nitrogens with zero attached hydrogens (tertiary/aromatic N) is 1. The van der Waals surface area contributed by atoms with Gasteiger partial charge in [0.25, 0.3) is 0 Å². The van der Waals surface area contributed by atoms with Gasteiger partial charge in [0.15, 0.2) is 11.6 Å². The monoisotopic (exact) mass is 310 g/mol. The molecule has 0 aliphatic rings. The van der Waals surface area contributed by atoms with E-state index in [-0.39, 0.29) is 0 Å². The van der Waals surface area contributed by atoms with Crippen molar-refractivity contribution in [3.05, 3.63) is 66.5 Å². The molecule has 0 radical (unpaired) electrons. The van der Waals surface area contributed by atoms with E-state index in [2.05, 4.69) is 10.3 Å². The first kappa shape index (κ1) is 14.8. The molecule has 0 bridgehead atoms. The molecule has 0 saturated heterocycles. The summed E-state index contributed by atoms with van der Waals surface area (Å²) in [5.41, 5.74) is 2.69. The van der Waals surface area contributed by atoms with Crippen LogP contribution < -0.4 is 10.1 Å². The summed E-state index contributed by atoms with van der Waals surface area (Å²) < 4.78 is 18.6. The lowest BCUT2D eigenvalue weighted by Gasteiger charge is -2.08. The molecule has 0 unspecified atom stereocenters. The first-order valence-electron chi connectivity index (χ1n) is 7.07. The van der Waals surface area contributed by atoms with Crippen molar-refractivity contribution in [3.8, 4) is 28.6 Å². The van der Waals surface area contributed by atoms with Crippen molar-refractivity contribution in [1.82, 2.24) is 4.98 Å². The van der Waals surface area contributed by atoms with E-state index in [0.29, 0.717) is 11.6 Å². The zero-order valence-corrected chi connectivity index (χ0v) is 12.5. The Hall–Kier alpha value is -3.08. The van der Waals surface area contributed by atoms with E-state index in [1.807, 2.05) is 43.4 Å². The molecule has 3 aromatic rings. The summed E-state index contributed by atoms with van der Waals surface area (Å²) in [7, 11) is 1.85. The lowest BCUT2D eigenvalue weighted by molar-refractivity contribution is 0.418. The topological polar surface area (TPSA) is 54.4 Å². The van der Waals surface area contributed by atoms with Gasteiger partial charge in [-0.05, 0) is 30.3 Å². The number of hydrogen-bond acceptors (Lipinski definition) is 4. The van der Waals surface area contributed by atoms with E-state index < -0.39 is 11.6 Å². The third kappa shape index (κ3) is 3.40. The van der Waals surface area contributed by atoms with Gasteiger partial charge in [-0.25, -0.2) is 9.37 Å². The van der Waals surface area contributed by atoms with Gasteiger partial charge in [0.2, 0.25) is 5.88 Å². The highest BCUT2D eigenvalue weighted by atomic mass is 19.1. The second-order valence-electron chi connectivity index (χ2n) is 4.91. The van der Waals surface area contributed by atoms with Gasteiger partial charge in [-0.2, -0.15) is 0 Å². The minimum Gasteiger partial charge on any atom is -0.505 e. The number of hydrogen-bond donors (Lipinski definition) is 2. The molecular formula is C18H15FN2O2. The SMILES string of the molecule is CNc1cccc(-c2cccc(Oc3ccc(F)c(O)c3)n2)c1. The van der Waals surface area contributed by atoms with E-state index in [9.17, 15) is 9.50 Å². The van der Waals surface area contributed by atoms with Crippen LogP contribution in [0.5, 0.6) is 17.4 Å². The average Bonchev–Trinajstić information content (AvgIpc) is 2.58. The van der Waals surface area contributed by atoms with E-state index in [4.69, 9.17) is 4.74 Å². The Labute approximate surface area is 133 Å². The fraction of sp³-hybridized carbons (Fsp3) is 0.0556. The van der Waals surface area contributed by atoms with Crippen molar-refractivity contribution in [1.29, 1.82) is 0 Å². The highest BCUT2D eigenvalue weighted by molar-refractivity contribution is 5.65. The molecule has 1 heterocycles. The van der Waals surface area contributed by atoms with E-state index in [1.54, 1.807) is 6.07 Å². The molecule has 3 rings (SSSR count). The number of halogens is 1. The van der Waals surface area contributed by atoms with Crippen LogP contribution in [0.25, 0.3) is 11.3 Å². The lowest BCUT2D eigenvalue weighted by atomic mass is 10.1. The summed E-state index contributed by atoms with van der Waals surface area (Å²) in [4.78, 5) is 4.44. The second-order valence-corrected chi connectivity index (χ2v) is 4.91. The Kier molecular flexibility index (Phi) is 4.10. The minimum atomic E-state index is -0.692. The van der Waals surface area contributed by atoms with E-state index in [0.717, 1.165) is 23.0 Å². The van der Waals surface area contributed by atoms with Crippen LogP contribution in [0, 0.1) is 5.82 Å². The molecule has 2 N–H and O–H groups in total. The molecule has 0 saturated carbocycles. The van der Waals surface area contributed by atoms with Crippen molar-refractivity contribution < 1.29 is 14.2 Å². The van der Waals surface area contributed by atoms with Gasteiger partial charge < -0.3 is 15.2 Å². The van der Waals surface area contributed by atoms with Crippen LogP contribution in [0.3, 0.4) is 0 Å². The molecule has 23 heavy (non-hydrogen) atoms. The number of phenolic OH excluding ortho intramolecular Hbond substituents is 1. The predicted molar refractivity (Wildman–Crippen MR) is 87.4 cm³/mol. The van der Waals surface area contributed by atoms with Gasteiger partial charge in [-0.1, -0.05) is 18.2 Å². The quantitative estimate of drug-likeness (QED) is 0.748. The van der Waals surface area contributed by atoms with Crippen LogP contribution in [0.2, 0.25) is 0 Å². The van der Waals surface area contributed by atoms with Gasteiger partial charge in [0.05, 0.1) is 5.69 Å². The highest BCUT2D eigenvalue weighted by Crippen LogP contribution is 2.28. The Morgan fingerprint density at radius 3 is 2.65 bits per heavy atom. The number of anilines is 1. The standard InChI is InChI=1S/C18H15FN2O2/c1-20-13-5-2-4-12(10-13)16-6-3-7-18(21-16)23-14-8-9-15(19)17(22)11-14/h2-11,20,22H,1H3. The van der Waals surface area contributed by atoms with Gasteiger partial charge in [-0.15, -0.1) is 0 Å². The van der Waals surface area contributed by atoms with Gasteiger partial charge in [0, 0.05) is 30.4 Å². The maximum absolute atomic E-state index is 13.1. The van der Waals surface area contributed by atoms with Crippen LogP contribution in [0.4, 0.5) is 10.1 Å². The van der Waals surface area contributed by atoms with Crippen molar-refractivity contribution >= 4 is 5.69 Å². The summed E-state index contributed by atoms with van der Waals surface area (Å²) in [6, 6.07) is 17.0. The number of aromatic hydroxyl groups is 1. The van der Waals surface area contributed by atoms with E-state index >= 15 is 0 Å². The molecule has 0 fully saturated rings. The smallest absolute Gasteiger partial charge is 0.219 e. The van der Waals surface area contributed by atoms with Crippen molar-refractivity contribution in [2.24, 2.45) is 0 Å². The van der Waals surface area contributed by atoms with Crippen LogP contribution >= 0.6 is 0 Å². The fourth-order valence-electron chi connectivity index (χ4n) is 2.14. The van der Waals surface area contributed by atoms with Gasteiger partial charge in [-0.3, -0.25) is 0 Å². The molecule has 0 spiro atoms. The number of ether oxygens (including phenoxy) is 1. The molecule has 2 aromatic carbocycles. The molecule has 5 heteroatoms. The number of pyridine rings is 1. The molecule has 0 aliphatic carbocycles. The van der Waals surface area contributed by atoms with Crippen molar-refractivity contribution in [3.63, 3.8) is 0 Å². The Morgan fingerprint density at radius 2 is 1.87 bits per heavy atom. The zero-order chi connectivity index (χ0) is 16.2. The molecular weight excluding hydrogens is 295 g/mol. The van der Waals surface area contributed by atoms with Gasteiger partial charge >= 0.3 is 0 Å². The summed E-state index contributed by atoms with van der Waals surface area (Å²) in [5, 5.41) is 12.5. The number of nitrogens with one attached hydrogen (secondary N) is 1. The number of rotatable bonds is 4. The minimum absolute atomic E-state index is 0.317. The Morgan fingerprint density at radius 1 is 1.04 bits per heavy atom. The van der Waals surface area contributed by atoms with E-state index in [1.165, 1.54) is 12.1 Å².